The second-order valence-corrected chi connectivity index (χ2v) is 6.62. The van der Waals surface area contributed by atoms with Crippen LogP contribution < -0.4 is 0 Å². The van der Waals surface area contributed by atoms with Crippen molar-refractivity contribution in [2.75, 3.05) is 6.54 Å². The molecule has 0 spiro atoms. The lowest BCUT2D eigenvalue weighted by molar-refractivity contribution is 0.532. The van der Waals surface area contributed by atoms with E-state index in [4.69, 9.17) is 4.99 Å². The van der Waals surface area contributed by atoms with E-state index < -0.39 is 0 Å². The highest BCUT2D eigenvalue weighted by Crippen LogP contribution is 2.32. The van der Waals surface area contributed by atoms with Crippen molar-refractivity contribution in [3.05, 3.63) is 71.2 Å². The van der Waals surface area contributed by atoms with Crippen LogP contribution in [0.5, 0.6) is 0 Å². The molecule has 4 rings (SSSR count). The number of fused-ring (bicyclic) bond motifs is 2. The molecule has 3 aromatic rings. The SMILES string of the molecule is Cc1cccn2c(C3=NCC(C)(C)c4ccccc43)cnc12. The van der Waals surface area contributed by atoms with Gasteiger partial charge in [-0.15, -0.1) is 0 Å². The molecule has 1 aliphatic rings. The molecule has 0 radical (unpaired) electrons. The number of imidazole rings is 1. The fourth-order valence-corrected chi connectivity index (χ4v) is 3.27. The van der Waals surface area contributed by atoms with Gasteiger partial charge in [0.1, 0.15) is 5.65 Å². The standard InChI is InChI=1S/C19H19N3/c1-13-7-6-10-22-16(11-20-18(13)22)17-14-8-4-5-9-15(14)19(2,3)12-21-17/h4-11H,12H2,1-3H3. The van der Waals surface area contributed by atoms with Gasteiger partial charge in [-0.3, -0.25) is 9.39 Å². The number of pyridine rings is 1. The van der Waals surface area contributed by atoms with E-state index in [9.17, 15) is 0 Å². The number of nitrogens with zero attached hydrogens (tertiary/aromatic N) is 3. The third-order valence-electron chi connectivity index (χ3n) is 4.52. The highest BCUT2D eigenvalue weighted by atomic mass is 15.0. The molecule has 0 saturated heterocycles. The third kappa shape index (κ3) is 1.82. The van der Waals surface area contributed by atoms with Gasteiger partial charge >= 0.3 is 0 Å². The second-order valence-electron chi connectivity index (χ2n) is 6.62. The Morgan fingerprint density at radius 2 is 1.91 bits per heavy atom. The number of benzene rings is 1. The molecule has 3 heteroatoms. The molecule has 2 aromatic heterocycles. The lowest BCUT2D eigenvalue weighted by Crippen LogP contribution is -2.30. The Morgan fingerprint density at radius 1 is 1.09 bits per heavy atom. The molecular weight excluding hydrogens is 270 g/mol. The van der Waals surface area contributed by atoms with Gasteiger partial charge in [-0.1, -0.05) is 44.2 Å². The monoisotopic (exact) mass is 289 g/mol. The van der Waals surface area contributed by atoms with Crippen molar-refractivity contribution in [2.45, 2.75) is 26.2 Å². The summed E-state index contributed by atoms with van der Waals surface area (Å²) in [5.74, 6) is 0. The largest absolute Gasteiger partial charge is 0.298 e. The molecule has 1 aliphatic heterocycles. The average molecular weight is 289 g/mol. The third-order valence-corrected chi connectivity index (χ3v) is 4.52. The molecule has 3 heterocycles. The van der Waals surface area contributed by atoms with Gasteiger partial charge in [0, 0.05) is 23.7 Å². The second kappa shape index (κ2) is 4.54. The first kappa shape index (κ1) is 13.3. The summed E-state index contributed by atoms with van der Waals surface area (Å²) in [6.45, 7) is 7.40. The summed E-state index contributed by atoms with van der Waals surface area (Å²) in [5.41, 5.74) is 6.97. The van der Waals surface area contributed by atoms with E-state index in [1.807, 2.05) is 6.20 Å². The van der Waals surface area contributed by atoms with Crippen molar-refractivity contribution >= 4 is 11.4 Å². The fraction of sp³-hybridized carbons (Fsp3) is 0.263. The number of hydrogen-bond acceptors (Lipinski definition) is 2. The summed E-state index contributed by atoms with van der Waals surface area (Å²) >= 11 is 0. The van der Waals surface area contributed by atoms with Crippen molar-refractivity contribution in [3.8, 4) is 0 Å². The van der Waals surface area contributed by atoms with Crippen LogP contribution in [0, 0.1) is 6.92 Å². The van der Waals surface area contributed by atoms with E-state index in [1.165, 1.54) is 16.7 Å². The molecule has 0 atom stereocenters. The van der Waals surface area contributed by atoms with Crippen molar-refractivity contribution < 1.29 is 0 Å². The van der Waals surface area contributed by atoms with Crippen molar-refractivity contribution in [2.24, 2.45) is 4.99 Å². The fourth-order valence-electron chi connectivity index (χ4n) is 3.27. The van der Waals surface area contributed by atoms with Gasteiger partial charge in [0.15, 0.2) is 0 Å². The van der Waals surface area contributed by atoms with E-state index in [-0.39, 0.29) is 5.41 Å². The van der Waals surface area contributed by atoms with Gasteiger partial charge in [-0.25, -0.2) is 4.98 Å². The maximum atomic E-state index is 4.90. The van der Waals surface area contributed by atoms with E-state index >= 15 is 0 Å². The van der Waals surface area contributed by atoms with E-state index in [2.05, 4.69) is 72.8 Å². The van der Waals surface area contributed by atoms with Gasteiger partial charge < -0.3 is 0 Å². The zero-order valence-corrected chi connectivity index (χ0v) is 13.2. The first-order valence-electron chi connectivity index (χ1n) is 7.65. The summed E-state index contributed by atoms with van der Waals surface area (Å²) < 4.78 is 2.14. The summed E-state index contributed by atoms with van der Waals surface area (Å²) in [6.07, 6.45) is 4.01. The first-order valence-corrected chi connectivity index (χ1v) is 7.65. The Hall–Kier alpha value is -2.42. The molecule has 110 valence electrons. The molecule has 0 N–H and O–H groups in total. The number of hydrogen-bond donors (Lipinski definition) is 0. The Bertz CT molecular complexity index is 900. The van der Waals surface area contributed by atoms with Crippen LogP contribution in [0.25, 0.3) is 5.65 Å². The number of aromatic nitrogens is 2. The predicted molar refractivity (Wildman–Crippen MR) is 89.9 cm³/mol. The molecule has 0 saturated carbocycles. The van der Waals surface area contributed by atoms with Gasteiger partial charge in [-0.2, -0.15) is 0 Å². The van der Waals surface area contributed by atoms with Crippen LogP contribution in [-0.4, -0.2) is 21.6 Å². The Labute approximate surface area is 130 Å². The van der Waals surface area contributed by atoms with Crippen molar-refractivity contribution in [1.29, 1.82) is 0 Å². The molecule has 0 bridgehead atoms. The zero-order chi connectivity index (χ0) is 15.3. The van der Waals surface area contributed by atoms with Crippen LogP contribution in [0.1, 0.15) is 36.2 Å². The summed E-state index contributed by atoms with van der Waals surface area (Å²) in [6, 6.07) is 12.7. The Morgan fingerprint density at radius 3 is 2.77 bits per heavy atom. The van der Waals surface area contributed by atoms with Crippen molar-refractivity contribution in [1.82, 2.24) is 9.38 Å². The van der Waals surface area contributed by atoms with Crippen LogP contribution >= 0.6 is 0 Å². The molecule has 1 aromatic carbocycles. The van der Waals surface area contributed by atoms with E-state index in [0.29, 0.717) is 0 Å². The van der Waals surface area contributed by atoms with Gasteiger partial charge in [-0.05, 0) is 24.1 Å². The topological polar surface area (TPSA) is 29.7 Å². The van der Waals surface area contributed by atoms with Crippen LogP contribution in [0.4, 0.5) is 0 Å². The lowest BCUT2D eigenvalue weighted by Gasteiger charge is -2.31. The number of aliphatic imine (C=N–C) groups is 1. The normalized spacial score (nSPS) is 16.4. The first-order chi connectivity index (χ1) is 10.6. The average Bonchev–Trinajstić information content (AvgIpc) is 2.93. The number of rotatable bonds is 1. The smallest absolute Gasteiger partial charge is 0.140 e. The maximum Gasteiger partial charge on any atom is 0.140 e. The molecule has 0 fully saturated rings. The quantitative estimate of drug-likeness (QED) is 0.670. The molecule has 3 nitrogen and oxygen atoms in total. The zero-order valence-electron chi connectivity index (χ0n) is 13.2. The van der Waals surface area contributed by atoms with Gasteiger partial charge in [0.2, 0.25) is 0 Å². The van der Waals surface area contributed by atoms with Crippen LogP contribution in [0.2, 0.25) is 0 Å². The lowest BCUT2D eigenvalue weighted by atomic mass is 9.78. The number of aryl methyl sites for hydroxylation is 1. The van der Waals surface area contributed by atoms with E-state index in [0.717, 1.165) is 23.6 Å². The molecule has 22 heavy (non-hydrogen) atoms. The molecule has 0 amide bonds. The van der Waals surface area contributed by atoms with Crippen LogP contribution in [0.3, 0.4) is 0 Å². The summed E-state index contributed by atoms with van der Waals surface area (Å²) in [5, 5.41) is 0. The molecular formula is C19H19N3. The van der Waals surface area contributed by atoms with E-state index in [1.54, 1.807) is 0 Å². The maximum absolute atomic E-state index is 4.90. The van der Waals surface area contributed by atoms with Gasteiger partial charge in [0.05, 0.1) is 17.6 Å². The minimum absolute atomic E-state index is 0.0799. The van der Waals surface area contributed by atoms with Crippen LogP contribution in [-0.2, 0) is 5.41 Å². The molecule has 0 unspecified atom stereocenters. The highest BCUT2D eigenvalue weighted by molar-refractivity contribution is 6.14. The van der Waals surface area contributed by atoms with Crippen LogP contribution in [0.15, 0.2) is 53.8 Å². The minimum atomic E-state index is 0.0799. The molecule has 0 aliphatic carbocycles. The highest BCUT2D eigenvalue weighted by Gasteiger charge is 2.30. The Kier molecular flexibility index (Phi) is 2.73. The van der Waals surface area contributed by atoms with Gasteiger partial charge in [0.25, 0.3) is 0 Å². The summed E-state index contributed by atoms with van der Waals surface area (Å²) in [7, 11) is 0. The summed E-state index contributed by atoms with van der Waals surface area (Å²) in [4.78, 5) is 9.49. The minimum Gasteiger partial charge on any atom is -0.298 e. The van der Waals surface area contributed by atoms with Crippen molar-refractivity contribution in [3.63, 3.8) is 0 Å². The predicted octanol–water partition coefficient (Wildman–Crippen LogP) is 3.77. The Balaban J connectivity index is 1.97.